The number of hydrogen-bond donors (Lipinski definition) is 0. The van der Waals surface area contributed by atoms with Crippen LogP contribution in [0.1, 0.15) is 31.9 Å². The number of methoxy groups -OCH3 is 1. The lowest BCUT2D eigenvalue weighted by atomic mass is 9.99. The second-order valence-electron chi connectivity index (χ2n) is 6.54. The third-order valence-corrected chi connectivity index (χ3v) is 4.18. The molecule has 0 N–H and O–H groups in total. The van der Waals surface area contributed by atoms with Gasteiger partial charge in [0.25, 0.3) is 0 Å². The van der Waals surface area contributed by atoms with Crippen LogP contribution in [0.5, 0.6) is 5.75 Å². The van der Waals surface area contributed by atoms with E-state index in [-0.39, 0.29) is 6.09 Å². The lowest BCUT2D eigenvalue weighted by Crippen LogP contribution is -2.40. The number of hydrogen-bond acceptors (Lipinski definition) is 4. The Balaban J connectivity index is 2.08. The summed E-state index contributed by atoms with van der Waals surface area (Å²) in [5.41, 5.74) is 1.83. The summed E-state index contributed by atoms with van der Waals surface area (Å²) >= 11 is 3.59. The van der Waals surface area contributed by atoms with Crippen LogP contribution in [-0.4, -0.2) is 43.5 Å². The van der Waals surface area contributed by atoms with E-state index < -0.39 is 5.60 Å². The average molecular weight is 386 g/mol. The Morgan fingerprint density at radius 1 is 1.30 bits per heavy atom. The predicted octanol–water partition coefficient (Wildman–Crippen LogP) is 3.77. The van der Waals surface area contributed by atoms with Crippen molar-refractivity contribution in [2.45, 2.75) is 39.3 Å². The molecule has 1 aliphatic heterocycles. The minimum absolute atomic E-state index is 0.268. The quantitative estimate of drug-likeness (QED) is 0.740. The molecular weight excluding hydrogens is 362 g/mol. The largest absolute Gasteiger partial charge is 0.491 e. The molecule has 0 fully saturated rings. The van der Waals surface area contributed by atoms with Crippen LogP contribution in [0.3, 0.4) is 0 Å². The summed E-state index contributed by atoms with van der Waals surface area (Å²) < 4.78 is 17.1. The van der Waals surface area contributed by atoms with Crippen molar-refractivity contribution in [2.24, 2.45) is 0 Å². The Morgan fingerprint density at radius 2 is 2.04 bits per heavy atom. The van der Waals surface area contributed by atoms with Gasteiger partial charge in [0.1, 0.15) is 18.0 Å². The van der Waals surface area contributed by atoms with Gasteiger partial charge in [-0.25, -0.2) is 4.79 Å². The topological polar surface area (TPSA) is 48.0 Å². The van der Waals surface area contributed by atoms with Gasteiger partial charge in [-0.2, -0.15) is 0 Å². The molecule has 0 bridgehead atoms. The molecule has 0 spiro atoms. The van der Waals surface area contributed by atoms with Crippen molar-refractivity contribution in [2.75, 3.05) is 26.9 Å². The molecule has 1 aromatic rings. The number of carbonyl (C=O) groups excluding carboxylic acids is 1. The molecule has 0 aromatic heterocycles. The molecule has 0 aliphatic carbocycles. The van der Waals surface area contributed by atoms with Crippen molar-refractivity contribution in [3.05, 3.63) is 27.7 Å². The van der Waals surface area contributed by atoms with Gasteiger partial charge in [0.2, 0.25) is 0 Å². The second-order valence-corrected chi connectivity index (χ2v) is 7.39. The van der Waals surface area contributed by atoms with Crippen LogP contribution >= 0.6 is 15.9 Å². The van der Waals surface area contributed by atoms with Gasteiger partial charge in [0, 0.05) is 18.1 Å². The van der Waals surface area contributed by atoms with E-state index in [0.717, 1.165) is 22.2 Å². The SMILES string of the molecule is COCCOc1cc(Br)c2c(c1)CCN(C(=O)OC(C)(C)C)C2. The fraction of sp³-hybridized carbons (Fsp3) is 0.588. The first-order valence-corrected chi connectivity index (χ1v) is 8.50. The Labute approximate surface area is 146 Å². The van der Waals surface area contributed by atoms with Crippen molar-refractivity contribution in [1.29, 1.82) is 0 Å². The van der Waals surface area contributed by atoms with Crippen LogP contribution in [-0.2, 0) is 22.4 Å². The third kappa shape index (κ3) is 5.11. The molecule has 1 amide bonds. The third-order valence-electron chi connectivity index (χ3n) is 3.47. The van der Waals surface area contributed by atoms with E-state index in [1.165, 1.54) is 5.56 Å². The van der Waals surface area contributed by atoms with E-state index in [1.54, 1.807) is 12.0 Å². The zero-order valence-electron chi connectivity index (χ0n) is 14.1. The average Bonchev–Trinajstić information content (AvgIpc) is 2.45. The molecule has 1 heterocycles. The molecule has 0 radical (unpaired) electrons. The zero-order chi connectivity index (χ0) is 17.0. The number of fused-ring (bicyclic) bond motifs is 1. The Kier molecular flexibility index (Phi) is 5.92. The van der Waals surface area contributed by atoms with Gasteiger partial charge >= 0.3 is 6.09 Å². The molecule has 6 heteroatoms. The summed E-state index contributed by atoms with van der Waals surface area (Å²) in [6, 6.07) is 3.98. The minimum Gasteiger partial charge on any atom is -0.491 e. The first-order chi connectivity index (χ1) is 10.8. The van der Waals surface area contributed by atoms with E-state index in [1.807, 2.05) is 32.9 Å². The Bertz CT molecular complexity index is 568. The number of nitrogens with zero attached hydrogens (tertiary/aromatic N) is 1. The number of halogens is 1. The van der Waals surface area contributed by atoms with Crippen LogP contribution < -0.4 is 4.74 Å². The standard InChI is InChI=1S/C17H24BrNO4/c1-17(2,3)23-16(20)19-6-5-12-9-13(22-8-7-21-4)10-15(18)14(12)11-19/h9-10H,5-8,11H2,1-4H3. The van der Waals surface area contributed by atoms with E-state index in [2.05, 4.69) is 15.9 Å². The number of benzene rings is 1. The number of carbonyl (C=O) groups is 1. The molecule has 0 saturated carbocycles. The fourth-order valence-corrected chi connectivity index (χ4v) is 3.01. The highest BCUT2D eigenvalue weighted by molar-refractivity contribution is 9.10. The molecular formula is C17H24BrNO4. The van der Waals surface area contributed by atoms with Crippen LogP contribution in [0, 0.1) is 0 Å². The molecule has 0 atom stereocenters. The summed E-state index contributed by atoms with van der Waals surface area (Å²) in [5, 5.41) is 0. The van der Waals surface area contributed by atoms with Crippen molar-refractivity contribution in [1.82, 2.24) is 4.90 Å². The summed E-state index contributed by atoms with van der Waals surface area (Å²) in [4.78, 5) is 14.0. The van der Waals surface area contributed by atoms with Crippen LogP contribution in [0.2, 0.25) is 0 Å². The highest BCUT2D eigenvalue weighted by Crippen LogP contribution is 2.32. The fourth-order valence-electron chi connectivity index (χ4n) is 2.40. The van der Waals surface area contributed by atoms with Gasteiger partial charge in [0.15, 0.2) is 0 Å². The molecule has 2 rings (SSSR count). The van der Waals surface area contributed by atoms with Gasteiger partial charge in [-0.05, 0) is 50.5 Å². The molecule has 23 heavy (non-hydrogen) atoms. The van der Waals surface area contributed by atoms with Gasteiger partial charge in [-0.1, -0.05) is 15.9 Å². The summed E-state index contributed by atoms with van der Waals surface area (Å²) in [7, 11) is 1.65. The van der Waals surface area contributed by atoms with Crippen molar-refractivity contribution >= 4 is 22.0 Å². The monoisotopic (exact) mass is 385 g/mol. The van der Waals surface area contributed by atoms with Gasteiger partial charge in [-0.15, -0.1) is 0 Å². The van der Waals surface area contributed by atoms with Crippen molar-refractivity contribution in [3.63, 3.8) is 0 Å². The smallest absolute Gasteiger partial charge is 0.410 e. The molecule has 5 nitrogen and oxygen atoms in total. The summed E-state index contributed by atoms with van der Waals surface area (Å²) in [6.45, 7) is 7.90. The maximum absolute atomic E-state index is 12.2. The summed E-state index contributed by atoms with van der Waals surface area (Å²) in [5.74, 6) is 0.818. The highest BCUT2D eigenvalue weighted by atomic mass is 79.9. The normalized spacial score (nSPS) is 14.4. The first-order valence-electron chi connectivity index (χ1n) is 7.71. The van der Waals surface area contributed by atoms with Gasteiger partial charge < -0.3 is 19.1 Å². The maximum Gasteiger partial charge on any atom is 0.410 e. The first kappa shape index (κ1) is 18.1. The maximum atomic E-state index is 12.2. The van der Waals surface area contributed by atoms with Gasteiger partial charge in [0.05, 0.1) is 13.2 Å². The van der Waals surface area contributed by atoms with E-state index in [9.17, 15) is 4.79 Å². The van der Waals surface area contributed by atoms with E-state index >= 15 is 0 Å². The molecule has 0 unspecified atom stereocenters. The summed E-state index contributed by atoms with van der Waals surface area (Å²) in [6.07, 6.45) is 0.518. The Morgan fingerprint density at radius 3 is 2.70 bits per heavy atom. The van der Waals surface area contributed by atoms with Crippen LogP contribution in [0.4, 0.5) is 4.79 Å². The molecule has 0 saturated heterocycles. The van der Waals surface area contributed by atoms with Crippen molar-refractivity contribution < 1.29 is 19.0 Å². The van der Waals surface area contributed by atoms with E-state index in [0.29, 0.717) is 26.3 Å². The lowest BCUT2D eigenvalue weighted by molar-refractivity contribution is 0.0223. The molecule has 1 aliphatic rings. The lowest BCUT2D eigenvalue weighted by Gasteiger charge is -2.32. The number of ether oxygens (including phenoxy) is 3. The van der Waals surface area contributed by atoms with Crippen molar-refractivity contribution in [3.8, 4) is 5.75 Å². The highest BCUT2D eigenvalue weighted by Gasteiger charge is 2.27. The Hall–Kier alpha value is -1.27. The number of amides is 1. The molecule has 128 valence electrons. The minimum atomic E-state index is -0.479. The predicted molar refractivity (Wildman–Crippen MR) is 91.9 cm³/mol. The van der Waals surface area contributed by atoms with Crippen LogP contribution in [0.15, 0.2) is 16.6 Å². The number of rotatable bonds is 4. The molecule has 1 aromatic carbocycles. The van der Waals surface area contributed by atoms with E-state index in [4.69, 9.17) is 14.2 Å². The zero-order valence-corrected chi connectivity index (χ0v) is 15.7. The van der Waals surface area contributed by atoms with Gasteiger partial charge in [-0.3, -0.25) is 0 Å². The van der Waals surface area contributed by atoms with Crippen LogP contribution in [0.25, 0.3) is 0 Å². The second kappa shape index (κ2) is 7.53.